The lowest BCUT2D eigenvalue weighted by molar-refractivity contribution is -0.385. The minimum Gasteiger partial charge on any atom is -0.278 e. The van der Waals surface area contributed by atoms with Crippen molar-refractivity contribution in [1.29, 1.82) is 0 Å². The summed E-state index contributed by atoms with van der Waals surface area (Å²) in [7, 11) is -3.87. The van der Waals surface area contributed by atoms with E-state index in [1.165, 1.54) is 35.8 Å². The molecule has 2 heterocycles. The van der Waals surface area contributed by atoms with E-state index in [4.69, 9.17) is 0 Å². The van der Waals surface area contributed by atoms with Gasteiger partial charge in [-0.15, -0.1) is 0 Å². The number of nitrogens with zero attached hydrogens (tertiary/aromatic N) is 4. The fourth-order valence-corrected chi connectivity index (χ4v) is 3.40. The van der Waals surface area contributed by atoms with Crippen molar-refractivity contribution >= 4 is 27.0 Å². The Bertz CT molecular complexity index is 1060. The predicted octanol–water partition coefficient (Wildman–Crippen LogP) is 2.06. The Morgan fingerprint density at radius 1 is 1.21 bits per heavy atom. The third kappa shape index (κ3) is 2.91. The average molecular weight is 347 g/mol. The molecule has 0 aliphatic heterocycles. The number of hydrogen-bond acceptors (Lipinski definition) is 6. The lowest BCUT2D eigenvalue weighted by Crippen LogP contribution is -2.13. The predicted molar refractivity (Wildman–Crippen MR) is 86.4 cm³/mol. The molecule has 0 atom stereocenters. The van der Waals surface area contributed by atoms with Crippen molar-refractivity contribution in [3.63, 3.8) is 0 Å². The molecule has 24 heavy (non-hydrogen) atoms. The summed E-state index contributed by atoms with van der Waals surface area (Å²) in [5, 5.41) is 14.9. The highest BCUT2D eigenvalue weighted by atomic mass is 32.2. The molecule has 0 spiro atoms. The summed E-state index contributed by atoms with van der Waals surface area (Å²) < 4.78 is 28.8. The molecule has 0 aliphatic carbocycles. The van der Waals surface area contributed by atoms with Gasteiger partial charge in [0.2, 0.25) is 0 Å². The Kier molecular flexibility index (Phi) is 3.68. The molecule has 3 rings (SSSR count). The maximum absolute atomic E-state index is 12.4. The normalized spacial score (nSPS) is 11.6. The molecule has 0 aliphatic rings. The summed E-state index contributed by atoms with van der Waals surface area (Å²) in [4.78, 5) is 14.4. The Hall–Kier alpha value is -3.01. The molecule has 0 saturated carbocycles. The van der Waals surface area contributed by atoms with Crippen LogP contribution in [0.1, 0.15) is 11.4 Å². The van der Waals surface area contributed by atoms with Gasteiger partial charge >= 0.3 is 0 Å². The van der Waals surface area contributed by atoms with Crippen molar-refractivity contribution in [3.8, 4) is 0 Å². The van der Waals surface area contributed by atoms with Crippen LogP contribution in [-0.2, 0) is 10.0 Å². The molecule has 1 aromatic carbocycles. The van der Waals surface area contributed by atoms with Crippen LogP contribution in [-0.4, -0.2) is 27.9 Å². The van der Waals surface area contributed by atoms with Gasteiger partial charge in [-0.1, -0.05) is 0 Å². The van der Waals surface area contributed by atoms with Gasteiger partial charge in [0.05, 0.1) is 21.7 Å². The minimum absolute atomic E-state index is 0.0551. The Labute approximate surface area is 137 Å². The fraction of sp³-hybridized carbons (Fsp3) is 0.143. The van der Waals surface area contributed by atoms with Gasteiger partial charge in [-0.05, 0) is 38.1 Å². The van der Waals surface area contributed by atoms with Gasteiger partial charge in [0, 0.05) is 11.6 Å². The van der Waals surface area contributed by atoms with Crippen molar-refractivity contribution in [1.82, 2.24) is 14.6 Å². The number of anilines is 1. The first kappa shape index (κ1) is 15.9. The van der Waals surface area contributed by atoms with E-state index in [1.807, 2.05) is 0 Å². The lowest BCUT2D eigenvalue weighted by Gasteiger charge is -2.09. The lowest BCUT2D eigenvalue weighted by atomic mass is 10.2. The molecule has 0 saturated heterocycles. The maximum Gasteiger partial charge on any atom is 0.272 e. The molecule has 9 nitrogen and oxygen atoms in total. The molecular formula is C14H13N5O4S. The van der Waals surface area contributed by atoms with Crippen LogP contribution in [0.3, 0.4) is 0 Å². The maximum atomic E-state index is 12.4. The first-order valence-corrected chi connectivity index (χ1v) is 8.35. The number of nitro groups is 1. The summed E-state index contributed by atoms with van der Waals surface area (Å²) in [5.41, 5.74) is 1.05. The van der Waals surface area contributed by atoms with Gasteiger partial charge in [0.15, 0.2) is 5.65 Å². The zero-order valence-corrected chi connectivity index (χ0v) is 13.6. The number of pyridine rings is 1. The highest BCUT2D eigenvalue weighted by Crippen LogP contribution is 2.23. The topological polar surface area (TPSA) is 120 Å². The average Bonchev–Trinajstić information content (AvgIpc) is 2.85. The second-order valence-electron chi connectivity index (χ2n) is 5.19. The number of hydrogen-bond donors (Lipinski definition) is 1. The number of aromatic nitrogens is 3. The van der Waals surface area contributed by atoms with Crippen LogP contribution in [0.5, 0.6) is 0 Å². The number of nitro benzene ring substituents is 1. The zero-order valence-electron chi connectivity index (χ0n) is 12.8. The highest BCUT2D eigenvalue weighted by molar-refractivity contribution is 7.92. The molecule has 0 unspecified atom stereocenters. The molecule has 0 fully saturated rings. The van der Waals surface area contributed by atoms with E-state index in [0.29, 0.717) is 17.2 Å². The second-order valence-corrected chi connectivity index (χ2v) is 6.87. The molecule has 0 amide bonds. The number of benzene rings is 1. The summed E-state index contributed by atoms with van der Waals surface area (Å²) in [6, 6.07) is 6.84. The van der Waals surface area contributed by atoms with Crippen molar-refractivity contribution in [2.24, 2.45) is 0 Å². The number of rotatable bonds is 4. The van der Waals surface area contributed by atoms with Crippen LogP contribution in [0.25, 0.3) is 5.65 Å². The van der Waals surface area contributed by atoms with Crippen LogP contribution >= 0.6 is 0 Å². The molecule has 124 valence electrons. The van der Waals surface area contributed by atoms with Crippen LogP contribution in [0.4, 0.5) is 11.4 Å². The molecule has 0 bridgehead atoms. The third-order valence-electron chi connectivity index (χ3n) is 3.36. The first-order valence-electron chi connectivity index (χ1n) is 6.87. The smallest absolute Gasteiger partial charge is 0.272 e. The number of fused-ring (bicyclic) bond motifs is 1. The minimum atomic E-state index is -3.87. The van der Waals surface area contributed by atoms with Crippen molar-refractivity contribution in [2.45, 2.75) is 18.7 Å². The van der Waals surface area contributed by atoms with Crippen LogP contribution in [0, 0.1) is 24.0 Å². The Morgan fingerprint density at radius 3 is 2.62 bits per heavy atom. The van der Waals surface area contributed by atoms with E-state index in [-0.39, 0.29) is 16.1 Å². The van der Waals surface area contributed by atoms with Crippen molar-refractivity contribution < 1.29 is 13.3 Å². The Morgan fingerprint density at radius 2 is 1.96 bits per heavy atom. The first-order chi connectivity index (χ1) is 11.3. The number of sulfonamides is 1. The van der Waals surface area contributed by atoms with Crippen molar-refractivity contribution in [2.75, 3.05) is 4.72 Å². The number of aryl methyl sites for hydroxylation is 2. The molecule has 0 radical (unpaired) electrons. The van der Waals surface area contributed by atoms with Crippen molar-refractivity contribution in [3.05, 3.63) is 58.0 Å². The van der Waals surface area contributed by atoms with Gasteiger partial charge in [-0.25, -0.2) is 17.9 Å². The van der Waals surface area contributed by atoms with Crippen LogP contribution < -0.4 is 4.72 Å². The molecule has 10 heteroatoms. The summed E-state index contributed by atoms with van der Waals surface area (Å²) in [6.45, 7) is 3.22. The standard InChI is InChI=1S/C14H13N5O4S/c1-9-7-12(4-5-13(9)19(20)21)24(22,23)17-11-3-6-14-15-10(2)16-18(14)8-11/h3-8,17H,1-2H3. The van der Waals surface area contributed by atoms with E-state index < -0.39 is 14.9 Å². The van der Waals surface area contributed by atoms with E-state index in [1.54, 1.807) is 19.1 Å². The van der Waals surface area contributed by atoms with E-state index in [0.717, 1.165) is 0 Å². The molecule has 2 aromatic heterocycles. The van der Waals surface area contributed by atoms with Gasteiger partial charge < -0.3 is 0 Å². The van der Waals surface area contributed by atoms with Gasteiger partial charge in [0.1, 0.15) is 5.82 Å². The quantitative estimate of drug-likeness (QED) is 0.570. The van der Waals surface area contributed by atoms with Crippen LogP contribution in [0.2, 0.25) is 0 Å². The van der Waals surface area contributed by atoms with Gasteiger partial charge in [0.25, 0.3) is 15.7 Å². The highest BCUT2D eigenvalue weighted by Gasteiger charge is 2.19. The summed E-state index contributed by atoms with van der Waals surface area (Å²) >= 11 is 0. The largest absolute Gasteiger partial charge is 0.278 e. The van der Waals surface area contributed by atoms with E-state index in [2.05, 4.69) is 14.8 Å². The zero-order chi connectivity index (χ0) is 17.5. The monoisotopic (exact) mass is 347 g/mol. The van der Waals surface area contributed by atoms with Gasteiger partial charge in [-0.3, -0.25) is 14.8 Å². The van der Waals surface area contributed by atoms with E-state index >= 15 is 0 Å². The number of nitrogens with one attached hydrogen (secondary N) is 1. The molecule has 1 N–H and O–H groups in total. The third-order valence-corrected chi connectivity index (χ3v) is 4.74. The summed E-state index contributed by atoms with van der Waals surface area (Å²) in [5.74, 6) is 0.570. The van der Waals surface area contributed by atoms with Gasteiger partial charge in [-0.2, -0.15) is 5.10 Å². The van der Waals surface area contributed by atoms with Crippen LogP contribution in [0.15, 0.2) is 41.4 Å². The SMILES string of the molecule is Cc1nc2ccc(NS(=O)(=O)c3ccc([N+](=O)[O-])c(C)c3)cn2n1. The molecule has 3 aromatic rings. The van der Waals surface area contributed by atoms with E-state index in [9.17, 15) is 18.5 Å². The molecular weight excluding hydrogens is 334 g/mol. The summed E-state index contributed by atoms with van der Waals surface area (Å²) in [6.07, 6.45) is 1.51. The fourth-order valence-electron chi connectivity index (χ4n) is 2.27. The Balaban J connectivity index is 1.94. The second kappa shape index (κ2) is 5.57.